The fourth-order valence-electron chi connectivity index (χ4n) is 1.27. The van der Waals surface area contributed by atoms with Crippen molar-refractivity contribution in [3.8, 4) is 0 Å². The second-order valence-electron chi connectivity index (χ2n) is 3.56. The van der Waals surface area contributed by atoms with E-state index in [1.807, 2.05) is 0 Å². The van der Waals surface area contributed by atoms with Gasteiger partial charge in [-0.15, -0.1) is 0 Å². The van der Waals surface area contributed by atoms with Gasteiger partial charge < -0.3 is 5.32 Å². The van der Waals surface area contributed by atoms with Crippen molar-refractivity contribution in [1.82, 2.24) is 0 Å². The molecule has 0 atom stereocenters. The van der Waals surface area contributed by atoms with Gasteiger partial charge in [0.25, 0.3) is 0 Å². The lowest BCUT2D eigenvalue weighted by atomic mass is 10.3. The first-order chi connectivity index (χ1) is 7.95. The van der Waals surface area contributed by atoms with Crippen LogP contribution in [-0.2, 0) is 14.6 Å². The summed E-state index contributed by atoms with van der Waals surface area (Å²) in [4.78, 5) is 11.1. The maximum atomic E-state index is 11.8. The Labute approximate surface area is 101 Å². The minimum absolute atomic E-state index is 0.0109. The molecule has 0 fully saturated rings. The Bertz CT molecular complexity index is 515. The zero-order chi connectivity index (χ0) is 12.9. The zero-order valence-electron chi connectivity index (χ0n) is 9.80. The third-order valence-electron chi connectivity index (χ3n) is 2.09. The van der Waals surface area contributed by atoms with Crippen molar-refractivity contribution in [2.45, 2.75) is 18.7 Å². The van der Waals surface area contributed by atoms with E-state index in [4.69, 9.17) is 0 Å². The van der Waals surface area contributed by atoms with Gasteiger partial charge in [0.2, 0.25) is 5.91 Å². The Morgan fingerprint density at radius 3 is 2.35 bits per heavy atom. The number of anilines is 1. The molecule has 0 bridgehead atoms. The SMILES string of the molecule is CC=CCS(=O)(=O)c1ccc(NC(C)=O)cc1. The highest BCUT2D eigenvalue weighted by molar-refractivity contribution is 7.91. The Morgan fingerprint density at radius 1 is 1.29 bits per heavy atom. The topological polar surface area (TPSA) is 63.2 Å². The summed E-state index contributed by atoms with van der Waals surface area (Å²) >= 11 is 0. The number of hydrogen-bond acceptors (Lipinski definition) is 3. The van der Waals surface area contributed by atoms with E-state index in [-0.39, 0.29) is 16.6 Å². The molecule has 5 heteroatoms. The fraction of sp³-hybridized carbons (Fsp3) is 0.250. The van der Waals surface area contributed by atoms with Gasteiger partial charge in [-0.2, -0.15) is 0 Å². The molecule has 0 radical (unpaired) electrons. The van der Waals surface area contributed by atoms with Crippen molar-refractivity contribution in [2.75, 3.05) is 11.1 Å². The van der Waals surface area contributed by atoms with Gasteiger partial charge in [0.05, 0.1) is 10.6 Å². The lowest BCUT2D eigenvalue weighted by molar-refractivity contribution is -0.114. The van der Waals surface area contributed by atoms with Gasteiger partial charge in [0.1, 0.15) is 0 Å². The molecule has 0 aliphatic heterocycles. The highest BCUT2D eigenvalue weighted by Gasteiger charge is 2.11. The summed E-state index contributed by atoms with van der Waals surface area (Å²) in [5, 5.41) is 2.58. The van der Waals surface area contributed by atoms with Crippen molar-refractivity contribution in [3.63, 3.8) is 0 Å². The standard InChI is InChI=1S/C12H15NO3S/c1-3-4-9-17(15,16)12-7-5-11(6-8-12)13-10(2)14/h3-8H,9H2,1-2H3,(H,13,14). The molecular weight excluding hydrogens is 238 g/mol. The van der Waals surface area contributed by atoms with E-state index in [9.17, 15) is 13.2 Å². The van der Waals surface area contributed by atoms with Gasteiger partial charge in [-0.1, -0.05) is 12.2 Å². The third kappa shape index (κ3) is 4.03. The molecule has 0 unspecified atom stereocenters. The number of nitrogens with one attached hydrogen (secondary N) is 1. The number of benzene rings is 1. The number of allylic oxidation sites excluding steroid dienone is 1. The van der Waals surface area contributed by atoms with E-state index < -0.39 is 9.84 Å². The molecule has 0 spiro atoms. The van der Waals surface area contributed by atoms with E-state index in [1.165, 1.54) is 19.1 Å². The molecule has 0 aliphatic carbocycles. The van der Waals surface area contributed by atoms with Gasteiger partial charge in [-0.25, -0.2) is 8.42 Å². The minimum Gasteiger partial charge on any atom is -0.326 e. The van der Waals surface area contributed by atoms with Crippen molar-refractivity contribution < 1.29 is 13.2 Å². The quantitative estimate of drug-likeness (QED) is 0.835. The molecule has 92 valence electrons. The maximum absolute atomic E-state index is 11.8. The van der Waals surface area contributed by atoms with Crippen LogP contribution in [0.1, 0.15) is 13.8 Å². The number of hydrogen-bond donors (Lipinski definition) is 1. The third-order valence-corrected chi connectivity index (χ3v) is 3.71. The Hall–Kier alpha value is -1.62. The predicted octanol–water partition coefficient (Wildman–Crippen LogP) is 1.99. The molecule has 0 saturated heterocycles. The highest BCUT2D eigenvalue weighted by atomic mass is 32.2. The summed E-state index contributed by atoms with van der Waals surface area (Å²) in [5.41, 5.74) is 0.586. The van der Waals surface area contributed by atoms with Gasteiger partial charge >= 0.3 is 0 Å². The molecule has 1 aromatic carbocycles. The van der Waals surface area contributed by atoms with Crippen LogP contribution in [0, 0.1) is 0 Å². The summed E-state index contributed by atoms with van der Waals surface area (Å²) in [6.07, 6.45) is 3.29. The first kappa shape index (κ1) is 13.4. The number of amides is 1. The lowest BCUT2D eigenvalue weighted by Crippen LogP contribution is -2.07. The van der Waals surface area contributed by atoms with Crippen LogP contribution in [0.25, 0.3) is 0 Å². The molecule has 1 amide bonds. The normalized spacial score (nSPS) is 11.6. The van der Waals surface area contributed by atoms with E-state index >= 15 is 0 Å². The lowest BCUT2D eigenvalue weighted by Gasteiger charge is -2.04. The van der Waals surface area contributed by atoms with Gasteiger partial charge in [-0.3, -0.25) is 4.79 Å². The van der Waals surface area contributed by atoms with Crippen LogP contribution in [-0.4, -0.2) is 20.1 Å². The predicted molar refractivity (Wildman–Crippen MR) is 67.6 cm³/mol. The molecule has 0 aromatic heterocycles. The molecule has 1 N–H and O–H groups in total. The summed E-state index contributed by atoms with van der Waals surface area (Å²) in [5.74, 6) is -0.197. The maximum Gasteiger partial charge on any atom is 0.221 e. The van der Waals surface area contributed by atoms with Crippen LogP contribution >= 0.6 is 0 Å². The van der Waals surface area contributed by atoms with E-state index in [0.29, 0.717) is 5.69 Å². The van der Waals surface area contributed by atoms with Crippen molar-refractivity contribution in [3.05, 3.63) is 36.4 Å². The average Bonchev–Trinajstić information content (AvgIpc) is 2.26. The Morgan fingerprint density at radius 2 is 1.88 bits per heavy atom. The summed E-state index contributed by atoms with van der Waals surface area (Å²) in [7, 11) is -3.27. The monoisotopic (exact) mass is 253 g/mol. The summed E-state index contributed by atoms with van der Waals surface area (Å²) < 4.78 is 23.6. The Balaban J connectivity index is 2.90. The fourth-order valence-corrected chi connectivity index (χ4v) is 2.46. The molecule has 4 nitrogen and oxygen atoms in total. The van der Waals surface area contributed by atoms with Crippen LogP contribution in [0.5, 0.6) is 0 Å². The molecule has 0 aliphatic rings. The smallest absolute Gasteiger partial charge is 0.221 e. The highest BCUT2D eigenvalue weighted by Crippen LogP contribution is 2.15. The number of rotatable bonds is 4. The second-order valence-corrected chi connectivity index (χ2v) is 5.59. The molecule has 1 aromatic rings. The van der Waals surface area contributed by atoms with E-state index in [2.05, 4.69) is 5.32 Å². The summed E-state index contributed by atoms with van der Waals surface area (Å²) in [6.45, 7) is 3.17. The van der Waals surface area contributed by atoms with Crippen LogP contribution in [0.4, 0.5) is 5.69 Å². The summed E-state index contributed by atoms with van der Waals surface area (Å²) in [6, 6.07) is 6.13. The van der Waals surface area contributed by atoms with E-state index in [1.54, 1.807) is 31.2 Å². The first-order valence-electron chi connectivity index (χ1n) is 5.17. The van der Waals surface area contributed by atoms with Crippen LogP contribution < -0.4 is 5.32 Å². The van der Waals surface area contributed by atoms with Gasteiger partial charge in [-0.05, 0) is 31.2 Å². The average molecular weight is 253 g/mol. The minimum atomic E-state index is -3.27. The molecule has 0 saturated carbocycles. The van der Waals surface area contributed by atoms with Crippen LogP contribution in [0.15, 0.2) is 41.3 Å². The van der Waals surface area contributed by atoms with Crippen molar-refractivity contribution in [1.29, 1.82) is 0 Å². The second kappa shape index (κ2) is 5.63. The number of carbonyl (C=O) groups excluding carboxylic acids is 1. The Kier molecular flexibility index (Phi) is 4.45. The van der Waals surface area contributed by atoms with Crippen molar-refractivity contribution in [2.24, 2.45) is 0 Å². The first-order valence-corrected chi connectivity index (χ1v) is 6.82. The zero-order valence-corrected chi connectivity index (χ0v) is 10.6. The largest absolute Gasteiger partial charge is 0.326 e. The van der Waals surface area contributed by atoms with Crippen molar-refractivity contribution >= 4 is 21.4 Å². The molecule has 17 heavy (non-hydrogen) atoms. The molecular formula is C12H15NO3S. The van der Waals surface area contributed by atoms with E-state index in [0.717, 1.165) is 0 Å². The molecule has 0 heterocycles. The van der Waals surface area contributed by atoms with Crippen LogP contribution in [0.3, 0.4) is 0 Å². The van der Waals surface area contributed by atoms with Gasteiger partial charge in [0.15, 0.2) is 9.84 Å². The number of sulfone groups is 1. The van der Waals surface area contributed by atoms with Crippen LogP contribution in [0.2, 0.25) is 0 Å². The van der Waals surface area contributed by atoms with Gasteiger partial charge in [0, 0.05) is 12.6 Å². The molecule has 1 rings (SSSR count). The number of carbonyl (C=O) groups is 1.